The number of benzene rings is 2. The van der Waals surface area contributed by atoms with E-state index >= 15 is 0 Å². The summed E-state index contributed by atoms with van der Waals surface area (Å²) in [6, 6.07) is 15.0. The molecule has 0 amide bonds. The van der Waals surface area contributed by atoms with Gasteiger partial charge >= 0.3 is 0 Å². The van der Waals surface area contributed by atoms with Crippen molar-refractivity contribution in [3.8, 4) is 11.4 Å². The molecule has 4 aromatic rings. The number of aromatic nitrogens is 2. The fraction of sp³-hybridized carbons (Fsp3) is 0.158. The lowest BCUT2D eigenvalue weighted by atomic mass is 10.1. The number of furan rings is 1. The summed E-state index contributed by atoms with van der Waals surface area (Å²) in [6.07, 6.45) is 0. The third-order valence-electron chi connectivity index (χ3n) is 4.22. The Morgan fingerprint density at radius 1 is 0.955 bits per heavy atom. The number of fused-ring (bicyclic) bond motifs is 3. The molecule has 2 aromatic carbocycles. The highest BCUT2D eigenvalue weighted by atomic mass is 16.3. The van der Waals surface area contributed by atoms with E-state index in [1.807, 2.05) is 51.1 Å². The molecule has 107 valence electrons. The molecule has 2 aromatic heterocycles. The topological polar surface area (TPSA) is 38.9 Å². The standard InChI is InChI=1S/C19H15N2O/c1-11-12(2)20-19(21-13(11)3)16-9-6-8-15-14-7-4-5-10-17(14)22-18(15)16/h4,6-10H,1-3H3. The molecule has 4 rings (SSSR count). The summed E-state index contributed by atoms with van der Waals surface area (Å²) in [5.41, 5.74) is 5.74. The molecule has 0 spiro atoms. The first-order valence-corrected chi connectivity index (χ1v) is 7.28. The molecule has 1 radical (unpaired) electrons. The van der Waals surface area contributed by atoms with Crippen molar-refractivity contribution >= 4 is 21.9 Å². The minimum Gasteiger partial charge on any atom is -0.455 e. The Labute approximate surface area is 128 Å². The lowest BCUT2D eigenvalue weighted by molar-refractivity contribution is 0.669. The molecule has 0 aliphatic heterocycles. The number of aryl methyl sites for hydroxylation is 2. The third-order valence-corrected chi connectivity index (χ3v) is 4.22. The molecule has 0 saturated carbocycles. The van der Waals surface area contributed by atoms with Crippen LogP contribution in [0.4, 0.5) is 0 Å². The average Bonchev–Trinajstić information content (AvgIpc) is 2.90. The third kappa shape index (κ3) is 1.82. The van der Waals surface area contributed by atoms with Crippen LogP contribution >= 0.6 is 0 Å². The maximum Gasteiger partial charge on any atom is 0.163 e. The molecular weight excluding hydrogens is 272 g/mol. The Kier molecular flexibility index (Phi) is 2.76. The quantitative estimate of drug-likeness (QED) is 0.506. The number of hydrogen-bond donors (Lipinski definition) is 0. The Bertz CT molecular complexity index is 991. The van der Waals surface area contributed by atoms with Gasteiger partial charge in [-0.2, -0.15) is 0 Å². The van der Waals surface area contributed by atoms with E-state index in [1.165, 1.54) is 0 Å². The van der Waals surface area contributed by atoms with Gasteiger partial charge in [-0.15, -0.1) is 0 Å². The average molecular weight is 287 g/mol. The SMILES string of the molecule is Cc1nc(-c2cccc3c2oc2c[c]ccc23)nc(C)c1C. The van der Waals surface area contributed by atoms with Gasteiger partial charge < -0.3 is 4.42 Å². The van der Waals surface area contributed by atoms with Crippen molar-refractivity contribution in [2.24, 2.45) is 0 Å². The summed E-state index contributed by atoms with van der Waals surface area (Å²) in [4.78, 5) is 9.29. The second kappa shape index (κ2) is 4.67. The zero-order valence-electron chi connectivity index (χ0n) is 12.8. The van der Waals surface area contributed by atoms with Gasteiger partial charge in [0.05, 0.1) is 5.56 Å². The highest BCUT2D eigenvalue weighted by Crippen LogP contribution is 2.34. The van der Waals surface area contributed by atoms with Crippen molar-refractivity contribution in [3.63, 3.8) is 0 Å². The zero-order chi connectivity index (χ0) is 15.3. The lowest BCUT2D eigenvalue weighted by Crippen LogP contribution is -1.99. The molecule has 0 N–H and O–H groups in total. The minimum absolute atomic E-state index is 0.717. The number of rotatable bonds is 1. The first kappa shape index (κ1) is 13.0. The van der Waals surface area contributed by atoms with Crippen LogP contribution in [-0.2, 0) is 0 Å². The Balaban J connectivity index is 2.07. The van der Waals surface area contributed by atoms with Gasteiger partial charge in [0.2, 0.25) is 0 Å². The van der Waals surface area contributed by atoms with Crippen molar-refractivity contribution in [1.82, 2.24) is 9.97 Å². The molecule has 0 saturated heterocycles. The highest BCUT2D eigenvalue weighted by Gasteiger charge is 2.14. The second-order valence-corrected chi connectivity index (χ2v) is 5.55. The van der Waals surface area contributed by atoms with Gasteiger partial charge in [0.1, 0.15) is 11.2 Å². The summed E-state index contributed by atoms with van der Waals surface area (Å²) in [5, 5.41) is 2.18. The van der Waals surface area contributed by atoms with Crippen LogP contribution in [0.2, 0.25) is 0 Å². The van der Waals surface area contributed by atoms with Crippen molar-refractivity contribution in [2.45, 2.75) is 20.8 Å². The number of hydrogen-bond acceptors (Lipinski definition) is 3. The maximum atomic E-state index is 6.04. The molecule has 0 aliphatic rings. The van der Waals surface area contributed by atoms with Gasteiger partial charge in [-0.3, -0.25) is 0 Å². The first-order valence-electron chi connectivity index (χ1n) is 7.28. The molecule has 3 heteroatoms. The molecule has 0 atom stereocenters. The van der Waals surface area contributed by atoms with Gasteiger partial charge in [-0.1, -0.05) is 18.2 Å². The normalized spacial score (nSPS) is 11.4. The van der Waals surface area contributed by atoms with Gasteiger partial charge in [-0.25, -0.2) is 9.97 Å². The van der Waals surface area contributed by atoms with Crippen LogP contribution in [0, 0.1) is 26.8 Å². The van der Waals surface area contributed by atoms with Crippen LogP contribution in [0.1, 0.15) is 17.0 Å². The summed E-state index contributed by atoms with van der Waals surface area (Å²) in [6.45, 7) is 6.08. The van der Waals surface area contributed by atoms with Gasteiger partial charge in [0.15, 0.2) is 5.82 Å². The van der Waals surface area contributed by atoms with Gasteiger partial charge in [0.25, 0.3) is 0 Å². The molecule has 0 unspecified atom stereocenters. The van der Waals surface area contributed by atoms with E-state index in [0.29, 0.717) is 5.82 Å². The van der Waals surface area contributed by atoms with E-state index in [2.05, 4.69) is 22.1 Å². The van der Waals surface area contributed by atoms with Crippen LogP contribution < -0.4 is 0 Å². The Morgan fingerprint density at radius 3 is 2.50 bits per heavy atom. The van der Waals surface area contributed by atoms with Crippen molar-refractivity contribution in [1.29, 1.82) is 0 Å². The molecular formula is C19H15N2O. The molecule has 0 bridgehead atoms. The monoisotopic (exact) mass is 287 g/mol. The van der Waals surface area contributed by atoms with Crippen LogP contribution in [0.3, 0.4) is 0 Å². The first-order chi connectivity index (χ1) is 10.6. The Morgan fingerprint density at radius 2 is 1.73 bits per heavy atom. The number of para-hydroxylation sites is 1. The smallest absolute Gasteiger partial charge is 0.163 e. The van der Waals surface area contributed by atoms with Crippen molar-refractivity contribution in [3.05, 3.63) is 59.4 Å². The van der Waals surface area contributed by atoms with Crippen LogP contribution in [-0.4, -0.2) is 9.97 Å². The fourth-order valence-corrected chi connectivity index (χ4v) is 2.76. The second-order valence-electron chi connectivity index (χ2n) is 5.55. The minimum atomic E-state index is 0.717. The van der Waals surface area contributed by atoms with E-state index in [4.69, 9.17) is 4.42 Å². The maximum absolute atomic E-state index is 6.04. The van der Waals surface area contributed by atoms with Crippen LogP contribution in [0.15, 0.2) is 40.8 Å². The molecule has 3 nitrogen and oxygen atoms in total. The molecule has 0 fully saturated rings. The highest BCUT2D eigenvalue weighted by molar-refractivity contribution is 6.08. The van der Waals surface area contributed by atoms with E-state index in [-0.39, 0.29) is 0 Å². The molecule has 2 heterocycles. The van der Waals surface area contributed by atoms with Gasteiger partial charge in [-0.05, 0) is 50.6 Å². The predicted molar refractivity (Wildman–Crippen MR) is 87.8 cm³/mol. The summed E-state index contributed by atoms with van der Waals surface area (Å²) < 4.78 is 6.04. The van der Waals surface area contributed by atoms with E-state index in [0.717, 1.165) is 44.5 Å². The predicted octanol–water partition coefficient (Wildman–Crippen LogP) is 4.77. The molecule has 0 aliphatic carbocycles. The van der Waals surface area contributed by atoms with E-state index < -0.39 is 0 Å². The van der Waals surface area contributed by atoms with Crippen molar-refractivity contribution in [2.75, 3.05) is 0 Å². The fourth-order valence-electron chi connectivity index (χ4n) is 2.76. The Hall–Kier alpha value is -2.68. The van der Waals surface area contributed by atoms with Gasteiger partial charge in [0, 0.05) is 22.2 Å². The van der Waals surface area contributed by atoms with E-state index in [9.17, 15) is 0 Å². The summed E-state index contributed by atoms with van der Waals surface area (Å²) >= 11 is 0. The molecule has 22 heavy (non-hydrogen) atoms. The lowest BCUT2D eigenvalue weighted by Gasteiger charge is -2.07. The number of nitrogens with zero attached hydrogens (tertiary/aromatic N) is 2. The van der Waals surface area contributed by atoms with Crippen LogP contribution in [0.5, 0.6) is 0 Å². The summed E-state index contributed by atoms with van der Waals surface area (Å²) in [5.74, 6) is 0.717. The van der Waals surface area contributed by atoms with Crippen molar-refractivity contribution < 1.29 is 4.42 Å². The van der Waals surface area contributed by atoms with E-state index in [1.54, 1.807) is 0 Å². The largest absolute Gasteiger partial charge is 0.455 e. The van der Waals surface area contributed by atoms with Crippen LogP contribution in [0.25, 0.3) is 33.3 Å². The zero-order valence-corrected chi connectivity index (χ0v) is 12.8. The summed E-state index contributed by atoms with van der Waals surface area (Å²) in [7, 11) is 0.